The molecule has 2 aromatic rings. The molecular weight excluding hydrogens is 294 g/mol. The number of pyridine rings is 1. The third-order valence-electron chi connectivity index (χ3n) is 3.39. The topological polar surface area (TPSA) is 45.6 Å². The normalized spacial score (nSPS) is 14.0. The first-order valence-corrected chi connectivity index (χ1v) is 8.22. The largest absolute Gasteiger partial charge is 0.289 e. The van der Waals surface area contributed by atoms with Crippen molar-refractivity contribution in [3.05, 3.63) is 66.0 Å². The highest BCUT2D eigenvalue weighted by Gasteiger charge is 2.23. The molecule has 1 aromatic heterocycles. The molecule has 1 aliphatic heterocycles. The van der Waals surface area contributed by atoms with Gasteiger partial charge in [-0.25, -0.2) is 0 Å². The third kappa shape index (κ3) is 3.74. The maximum Gasteiger partial charge on any atom is 0.233 e. The standard InChI is InChI=1S/C17H17N3OS/c21-16(11-14-5-2-1-3-6-14)20-10-9-19-17(20)22-13-15-7-4-8-18-12-15/h1-8,12H,9-11,13H2. The fraction of sp³-hybridized carbons (Fsp3) is 0.235. The van der Waals surface area contributed by atoms with Gasteiger partial charge in [-0.3, -0.25) is 19.7 Å². The number of amidine groups is 1. The van der Waals surface area contributed by atoms with Crippen LogP contribution in [0.15, 0.2) is 59.9 Å². The van der Waals surface area contributed by atoms with Crippen LogP contribution in [0.5, 0.6) is 0 Å². The fourth-order valence-corrected chi connectivity index (χ4v) is 3.28. The van der Waals surface area contributed by atoms with Crippen LogP contribution in [0.25, 0.3) is 0 Å². The lowest BCUT2D eigenvalue weighted by molar-refractivity contribution is -0.126. The molecule has 0 aliphatic carbocycles. The molecule has 112 valence electrons. The summed E-state index contributed by atoms with van der Waals surface area (Å²) in [6.45, 7) is 1.37. The van der Waals surface area contributed by atoms with E-state index in [2.05, 4.69) is 9.98 Å². The van der Waals surface area contributed by atoms with Gasteiger partial charge in [0.15, 0.2) is 5.17 Å². The highest BCUT2D eigenvalue weighted by Crippen LogP contribution is 2.20. The third-order valence-corrected chi connectivity index (χ3v) is 4.48. The number of rotatable bonds is 4. The summed E-state index contributed by atoms with van der Waals surface area (Å²) in [5, 5.41) is 0.824. The SMILES string of the molecule is O=C(Cc1ccccc1)N1CCN=C1SCc1cccnc1. The summed E-state index contributed by atoms with van der Waals surface area (Å²) in [5.41, 5.74) is 2.17. The zero-order valence-electron chi connectivity index (χ0n) is 12.2. The first-order valence-electron chi connectivity index (χ1n) is 7.23. The second-order valence-corrected chi connectivity index (χ2v) is 5.96. The summed E-state index contributed by atoms with van der Waals surface area (Å²) in [7, 11) is 0. The Hall–Kier alpha value is -2.14. The minimum absolute atomic E-state index is 0.112. The molecule has 0 saturated carbocycles. The Kier molecular flexibility index (Phi) is 4.85. The lowest BCUT2D eigenvalue weighted by Crippen LogP contribution is -2.34. The zero-order chi connectivity index (χ0) is 15.2. The van der Waals surface area contributed by atoms with Gasteiger partial charge in [-0.1, -0.05) is 48.2 Å². The lowest BCUT2D eigenvalue weighted by atomic mass is 10.1. The summed E-state index contributed by atoms with van der Waals surface area (Å²) >= 11 is 1.60. The quantitative estimate of drug-likeness (QED) is 0.872. The van der Waals surface area contributed by atoms with E-state index in [9.17, 15) is 4.79 Å². The fourth-order valence-electron chi connectivity index (χ4n) is 2.28. The molecule has 1 aromatic carbocycles. The van der Waals surface area contributed by atoms with Crippen LogP contribution in [0.1, 0.15) is 11.1 Å². The van der Waals surface area contributed by atoms with Crippen LogP contribution in [0.2, 0.25) is 0 Å². The average Bonchev–Trinajstić information content (AvgIpc) is 3.03. The highest BCUT2D eigenvalue weighted by molar-refractivity contribution is 8.13. The summed E-state index contributed by atoms with van der Waals surface area (Å²) in [6.07, 6.45) is 4.03. The van der Waals surface area contributed by atoms with Gasteiger partial charge in [0.1, 0.15) is 0 Å². The van der Waals surface area contributed by atoms with Crippen LogP contribution in [0.4, 0.5) is 0 Å². The van der Waals surface area contributed by atoms with Gasteiger partial charge >= 0.3 is 0 Å². The Morgan fingerprint density at radius 3 is 2.73 bits per heavy atom. The van der Waals surface area contributed by atoms with Gasteiger partial charge in [0, 0.05) is 24.7 Å². The Labute approximate surface area is 134 Å². The molecule has 3 rings (SSSR count). The van der Waals surface area contributed by atoms with E-state index in [1.54, 1.807) is 22.9 Å². The smallest absolute Gasteiger partial charge is 0.233 e. The molecule has 22 heavy (non-hydrogen) atoms. The van der Waals surface area contributed by atoms with Crippen molar-refractivity contribution in [3.8, 4) is 0 Å². The van der Waals surface area contributed by atoms with Crippen molar-refractivity contribution in [3.63, 3.8) is 0 Å². The van der Waals surface area contributed by atoms with Gasteiger partial charge in [0.25, 0.3) is 0 Å². The maximum atomic E-state index is 12.5. The van der Waals surface area contributed by atoms with Crippen LogP contribution in [0, 0.1) is 0 Å². The molecule has 5 heteroatoms. The zero-order valence-corrected chi connectivity index (χ0v) is 13.0. The highest BCUT2D eigenvalue weighted by atomic mass is 32.2. The number of nitrogens with zero attached hydrogens (tertiary/aromatic N) is 3. The number of amides is 1. The monoisotopic (exact) mass is 311 g/mol. The van der Waals surface area contributed by atoms with Crippen molar-refractivity contribution in [2.24, 2.45) is 4.99 Å². The Morgan fingerprint density at radius 2 is 1.95 bits per heavy atom. The van der Waals surface area contributed by atoms with E-state index in [0.717, 1.165) is 22.0 Å². The number of carbonyl (C=O) groups excluding carboxylic acids is 1. The van der Waals surface area contributed by atoms with E-state index in [4.69, 9.17) is 0 Å². The van der Waals surface area contributed by atoms with Gasteiger partial charge in [-0.2, -0.15) is 0 Å². The number of carbonyl (C=O) groups is 1. The molecule has 2 heterocycles. The number of aliphatic imine (C=N–C) groups is 1. The summed E-state index contributed by atoms with van der Waals surface area (Å²) < 4.78 is 0. The molecule has 0 spiro atoms. The van der Waals surface area contributed by atoms with E-state index >= 15 is 0 Å². The summed E-state index contributed by atoms with van der Waals surface area (Å²) in [6, 6.07) is 13.8. The van der Waals surface area contributed by atoms with Gasteiger partial charge in [0.2, 0.25) is 5.91 Å². The van der Waals surface area contributed by atoms with Crippen molar-refractivity contribution >= 4 is 22.8 Å². The first-order chi connectivity index (χ1) is 10.8. The van der Waals surface area contributed by atoms with E-state index < -0.39 is 0 Å². The Morgan fingerprint density at radius 1 is 1.14 bits per heavy atom. The molecule has 0 fully saturated rings. The van der Waals surface area contributed by atoms with Crippen LogP contribution < -0.4 is 0 Å². The number of aromatic nitrogens is 1. The summed E-state index contributed by atoms with van der Waals surface area (Å²) in [5.74, 6) is 0.892. The first kappa shape index (κ1) is 14.8. The van der Waals surface area contributed by atoms with Crippen LogP contribution in [-0.4, -0.2) is 34.0 Å². The molecule has 4 nitrogen and oxygen atoms in total. The number of benzene rings is 1. The molecule has 1 aliphatic rings. The lowest BCUT2D eigenvalue weighted by Gasteiger charge is -2.17. The number of hydrogen-bond donors (Lipinski definition) is 0. The Balaban J connectivity index is 1.59. The minimum atomic E-state index is 0.112. The molecule has 0 radical (unpaired) electrons. The van der Waals surface area contributed by atoms with Crippen LogP contribution >= 0.6 is 11.8 Å². The molecule has 0 N–H and O–H groups in total. The van der Waals surface area contributed by atoms with Gasteiger partial charge < -0.3 is 0 Å². The van der Waals surface area contributed by atoms with Crippen molar-refractivity contribution in [1.29, 1.82) is 0 Å². The van der Waals surface area contributed by atoms with Crippen molar-refractivity contribution < 1.29 is 4.79 Å². The van der Waals surface area contributed by atoms with Crippen molar-refractivity contribution in [2.45, 2.75) is 12.2 Å². The molecule has 0 unspecified atom stereocenters. The molecular formula is C17H17N3OS. The van der Waals surface area contributed by atoms with Crippen molar-refractivity contribution in [2.75, 3.05) is 13.1 Å². The predicted molar refractivity (Wildman–Crippen MR) is 89.7 cm³/mol. The number of thioether (sulfide) groups is 1. The van der Waals surface area contributed by atoms with E-state index in [1.807, 2.05) is 48.7 Å². The van der Waals surface area contributed by atoms with E-state index in [0.29, 0.717) is 19.5 Å². The second-order valence-electron chi connectivity index (χ2n) is 5.02. The van der Waals surface area contributed by atoms with Crippen LogP contribution in [0.3, 0.4) is 0 Å². The molecule has 0 saturated heterocycles. The minimum Gasteiger partial charge on any atom is -0.289 e. The molecule has 0 atom stereocenters. The van der Waals surface area contributed by atoms with Gasteiger partial charge in [-0.05, 0) is 17.2 Å². The second kappa shape index (κ2) is 7.22. The Bertz CT molecular complexity index is 658. The van der Waals surface area contributed by atoms with Gasteiger partial charge in [0.05, 0.1) is 13.0 Å². The number of hydrogen-bond acceptors (Lipinski definition) is 4. The van der Waals surface area contributed by atoms with Gasteiger partial charge in [-0.15, -0.1) is 0 Å². The predicted octanol–water partition coefficient (Wildman–Crippen LogP) is 2.76. The average molecular weight is 311 g/mol. The van der Waals surface area contributed by atoms with E-state index in [1.165, 1.54) is 0 Å². The molecule has 1 amide bonds. The maximum absolute atomic E-state index is 12.5. The van der Waals surface area contributed by atoms with Crippen molar-refractivity contribution in [1.82, 2.24) is 9.88 Å². The molecule has 0 bridgehead atoms. The summed E-state index contributed by atoms with van der Waals surface area (Å²) in [4.78, 5) is 22.8. The van der Waals surface area contributed by atoms with Crippen LogP contribution in [-0.2, 0) is 17.0 Å². The van der Waals surface area contributed by atoms with E-state index in [-0.39, 0.29) is 5.91 Å².